The first kappa shape index (κ1) is 20.2. The molecule has 1 aliphatic heterocycles. The number of benzene rings is 2. The van der Waals surface area contributed by atoms with Crippen LogP contribution in [0.3, 0.4) is 0 Å². The Bertz CT molecular complexity index is 752. The van der Waals surface area contributed by atoms with Gasteiger partial charge in [0.15, 0.2) is 0 Å². The Hall–Kier alpha value is -2.11. The van der Waals surface area contributed by atoms with Crippen molar-refractivity contribution in [1.29, 1.82) is 0 Å². The Morgan fingerprint density at radius 3 is 2.50 bits per heavy atom. The van der Waals surface area contributed by atoms with Gasteiger partial charge in [-0.3, -0.25) is 9.59 Å². The van der Waals surface area contributed by atoms with Crippen LogP contribution in [-0.4, -0.2) is 49.4 Å². The van der Waals surface area contributed by atoms with Gasteiger partial charge in [-0.25, -0.2) is 0 Å². The zero-order valence-corrected chi connectivity index (χ0v) is 15.8. The third-order valence-corrected chi connectivity index (χ3v) is 4.92. The van der Waals surface area contributed by atoms with Gasteiger partial charge in [0.2, 0.25) is 11.8 Å². The predicted molar refractivity (Wildman–Crippen MR) is 107 cm³/mol. The third kappa shape index (κ3) is 4.96. The fraction of sp³-hybridized carbons (Fsp3) is 0.400. The molecule has 5 nitrogen and oxygen atoms in total. The molecule has 0 bridgehead atoms. The van der Waals surface area contributed by atoms with Gasteiger partial charge in [0.05, 0.1) is 13.0 Å². The number of piperidine rings is 1. The molecule has 2 N–H and O–H groups in total. The summed E-state index contributed by atoms with van der Waals surface area (Å²) in [5.41, 5.74) is 0.984. The van der Waals surface area contributed by atoms with Crippen LogP contribution < -0.4 is 10.6 Å². The number of carbonyl (C=O) groups is 2. The van der Waals surface area contributed by atoms with Crippen LogP contribution in [0.2, 0.25) is 0 Å². The molecule has 0 aromatic heterocycles. The van der Waals surface area contributed by atoms with Crippen molar-refractivity contribution in [3.05, 3.63) is 48.0 Å². The molecule has 1 heterocycles. The molecule has 140 valence electrons. The molecule has 1 fully saturated rings. The summed E-state index contributed by atoms with van der Waals surface area (Å²) in [5.74, 6) is -0.115. The highest BCUT2D eigenvalue weighted by Gasteiger charge is 2.21. The van der Waals surface area contributed by atoms with Crippen LogP contribution in [0.25, 0.3) is 10.8 Å². The van der Waals surface area contributed by atoms with Gasteiger partial charge in [0.25, 0.3) is 0 Å². The Morgan fingerprint density at radius 1 is 1.08 bits per heavy atom. The smallest absolute Gasteiger partial charge is 0.241 e. The molecule has 0 saturated carbocycles. The van der Waals surface area contributed by atoms with E-state index in [0.29, 0.717) is 6.04 Å². The lowest BCUT2D eigenvalue weighted by molar-refractivity contribution is -0.133. The van der Waals surface area contributed by atoms with Gasteiger partial charge in [-0.15, -0.1) is 12.4 Å². The van der Waals surface area contributed by atoms with E-state index >= 15 is 0 Å². The minimum atomic E-state index is -0.116. The lowest BCUT2D eigenvalue weighted by Gasteiger charge is -2.31. The number of halogens is 1. The maximum atomic E-state index is 12.3. The minimum absolute atomic E-state index is 0. The summed E-state index contributed by atoms with van der Waals surface area (Å²) >= 11 is 0. The third-order valence-electron chi connectivity index (χ3n) is 4.92. The molecular formula is C20H26ClN3O2. The summed E-state index contributed by atoms with van der Waals surface area (Å²) in [4.78, 5) is 26.3. The SMILES string of the molecule is CNC1CCN(C(=O)CNC(=O)Cc2cccc3ccccc23)CC1.Cl. The fourth-order valence-electron chi connectivity index (χ4n) is 3.39. The summed E-state index contributed by atoms with van der Waals surface area (Å²) in [6.45, 7) is 1.58. The molecule has 0 spiro atoms. The van der Waals surface area contributed by atoms with Crippen molar-refractivity contribution in [2.75, 3.05) is 26.7 Å². The van der Waals surface area contributed by atoms with Crippen molar-refractivity contribution in [2.45, 2.75) is 25.3 Å². The van der Waals surface area contributed by atoms with E-state index in [1.807, 2.05) is 54.4 Å². The molecule has 2 aromatic carbocycles. The van der Waals surface area contributed by atoms with Crippen molar-refractivity contribution in [3.8, 4) is 0 Å². The Kier molecular flexibility index (Phi) is 7.42. The van der Waals surface area contributed by atoms with E-state index in [0.717, 1.165) is 42.3 Å². The van der Waals surface area contributed by atoms with E-state index in [9.17, 15) is 9.59 Å². The topological polar surface area (TPSA) is 61.4 Å². The van der Waals surface area contributed by atoms with Gasteiger partial charge >= 0.3 is 0 Å². The quantitative estimate of drug-likeness (QED) is 0.841. The van der Waals surface area contributed by atoms with Crippen LogP contribution in [0, 0.1) is 0 Å². The van der Waals surface area contributed by atoms with Gasteiger partial charge < -0.3 is 15.5 Å². The average molecular weight is 376 g/mol. The summed E-state index contributed by atoms with van der Waals surface area (Å²) in [7, 11) is 1.95. The van der Waals surface area contributed by atoms with Crippen LogP contribution >= 0.6 is 12.4 Å². The number of likely N-dealkylation sites (tertiary alicyclic amines) is 1. The minimum Gasteiger partial charge on any atom is -0.347 e. The first-order valence-corrected chi connectivity index (χ1v) is 8.86. The van der Waals surface area contributed by atoms with Crippen molar-refractivity contribution < 1.29 is 9.59 Å². The van der Waals surface area contributed by atoms with Crippen molar-refractivity contribution in [1.82, 2.24) is 15.5 Å². The summed E-state index contributed by atoms with van der Waals surface area (Å²) < 4.78 is 0. The van der Waals surface area contributed by atoms with Gasteiger partial charge in [-0.2, -0.15) is 0 Å². The molecule has 2 amide bonds. The van der Waals surface area contributed by atoms with Gasteiger partial charge in [0.1, 0.15) is 0 Å². The van der Waals surface area contributed by atoms with Crippen LogP contribution in [0.15, 0.2) is 42.5 Å². The molecule has 1 aliphatic rings. The second kappa shape index (κ2) is 9.55. The molecule has 3 rings (SSSR count). The lowest BCUT2D eigenvalue weighted by Crippen LogP contribution is -2.47. The van der Waals surface area contributed by atoms with E-state index in [2.05, 4.69) is 10.6 Å². The first-order valence-electron chi connectivity index (χ1n) is 8.86. The number of hydrogen-bond donors (Lipinski definition) is 2. The van der Waals surface area contributed by atoms with Gasteiger partial charge in [-0.05, 0) is 36.2 Å². The van der Waals surface area contributed by atoms with E-state index in [1.165, 1.54) is 0 Å². The number of nitrogens with zero attached hydrogens (tertiary/aromatic N) is 1. The second-order valence-electron chi connectivity index (χ2n) is 6.54. The molecule has 6 heteroatoms. The van der Waals surface area contributed by atoms with Crippen LogP contribution in [0.1, 0.15) is 18.4 Å². The van der Waals surface area contributed by atoms with Gasteiger partial charge in [0, 0.05) is 19.1 Å². The number of hydrogen-bond acceptors (Lipinski definition) is 3. The Morgan fingerprint density at radius 2 is 1.77 bits per heavy atom. The highest BCUT2D eigenvalue weighted by Crippen LogP contribution is 2.18. The molecule has 0 aliphatic carbocycles. The second-order valence-corrected chi connectivity index (χ2v) is 6.54. The van der Waals surface area contributed by atoms with Gasteiger partial charge in [-0.1, -0.05) is 42.5 Å². The molecule has 0 atom stereocenters. The highest BCUT2D eigenvalue weighted by atomic mass is 35.5. The normalized spacial score (nSPS) is 14.7. The van der Waals surface area contributed by atoms with Crippen molar-refractivity contribution in [2.24, 2.45) is 0 Å². The molecular weight excluding hydrogens is 350 g/mol. The summed E-state index contributed by atoms with van der Waals surface area (Å²) in [5, 5.41) is 8.23. The van der Waals surface area contributed by atoms with E-state index in [1.54, 1.807) is 0 Å². The molecule has 0 unspecified atom stereocenters. The molecule has 0 radical (unpaired) electrons. The number of amides is 2. The average Bonchev–Trinajstić information content (AvgIpc) is 2.66. The standard InChI is InChI=1S/C20H25N3O2.ClH/c1-21-17-9-11-23(12-10-17)20(25)14-22-19(24)13-16-7-4-6-15-5-2-3-8-18(15)16;/h2-8,17,21H,9-14H2,1H3,(H,22,24);1H. The number of carbonyl (C=O) groups excluding carboxylic acids is 2. The fourth-order valence-corrected chi connectivity index (χ4v) is 3.39. The van der Waals surface area contributed by atoms with Crippen LogP contribution in [0.5, 0.6) is 0 Å². The van der Waals surface area contributed by atoms with E-state index < -0.39 is 0 Å². The van der Waals surface area contributed by atoms with Crippen LogP contribution in [0.4, 0.5) is 0 Å². The lowest BCUT2D eigenvalue weighted by atomic mass is 10.0. The maximum Gasteiger partial charge on any atom is 0.241 e. The number of fused-ring (bicyclic) bond motifs is 1. The number of rotatable bonds is 5. The molecule has 2 aromatic rings. The van der Waals surface area contributed by atoms with Crippen molar-refractivity contribution in [3.63, 3.8) is 0 Å². The van der Waals surface area contributed by atoms with E-state index in [4.69, 9.17) is 0 Å². The zero-order chi connectivity index (χ0) is 17.6. The molecule has 26 heavy (non-hydrogen) atoms. The van der Waals surface area contributed by atoms with Crippen LogP contribution in [-0.2, 0) is 16.0 Å². The van der Waals surface area contributed by atoms with E-state index in [-0.39, 0.29) is 37.2 Å². The Balaban J connectivity index is 0.00000243. The molecule has 1 saturated heterocycles. The maximum absolute atomic E-state index is 12.3. The summed E-state index contributed by atoms with van der Waals surface area (Å²) in [6.07, 6.45) is 2.22. The van der Waals surface area contributed by atoms with Crippen molar-refractivity contribution >= 4 is 35.0 Å². The number of nitrogens with one attached hydrogen (secondary N) is 2. The summed E-state index contributed by atoms with van der Waals surface area (Å²) in [6, 6.07) is 14.5. The predicted octanol–water partition coefficient (Wildman–Crippen LogP) is 2.13. The largest absolute Gasteiger partial charge is 0.347 e. The zero-order valence-electron chi connectivity index (χ0n) is 15.0. The monoisotopic (exact) mass is 375 g/mol. The Labute approximate surface area is 160 Å². The first-order chi connectivity index (χ1) is 12.2. The highest BCUT2D eigenvalue weighted by molar-refractivity contribution is 5.91.